The Hall–Kier alpha value is -3.11. The number of fused-ring (bicyclic) bond motifs is 1. The van der Waals surface area contributed by atoms with Crippen molar-refractivity contribution in [1.29, 1.82) is 0 Å². The highest BCUT2D eigenvalue weighted by Gasteiger charge is 2.44. The Morgan fingerprint density at radius 3 is 2.33 bits per heavy atom. The van der Waals surface area contributed by atoms with E-state index in [1.165, 1.54) is 16.7 Å². The Kier molecular flexibility index (Phi) is 5.94. The highest BCUT2D eigenvalue weighted by atomic mass is 16.5. The van der Waals surface area contributed by atoms with Crippen molar-refractivity contribution in [1.82, 2.24) is 4.90 Å². The second kappa shape index (κ2) is 9.03. The molecule has 1 aliphatic carbocycles. The fraction of sp³-hybridized carbons (Fsp3) is 0.345. The van der Waals surface area contributed by atoms with E-state index in [4.69, 9.17) is 9.47 Å². The fourth-order valence-electron chi connectivity index (χ4n) is 5.47. The molecule has 1 saturated heterocycles. The van der Waals surface area contributed by atoms with Crippen LogP contribution in [0.3, 0.4) is 0 Å². The van der Waals surface area contributed by atoms with E-state index in [9.17, 15) is 4.79 Å². The van der Waals surface area contributed by atoms with Gasteiger partial charge in [-0.3, -0.25) is 4.90 Å². The normalized spacial score (nSPS) is 22.8. The first-order chi connectivity index (χ1) is 16.1. The molecule has 170 valence electrons. The van der Waals surface area contributed by atoms with Crippen LogP contribution in [-0.4, -0.2) is 37.5 Å². The number of likely N-dealkylation sites (tertiary alicyclic amines) is 1. The van der Waals surface area contributed by atoms with Gasteiger partial charge in [-0.05, 0) is 34.4 Å². The van der Waals surface area contributed by atoms with Crippen LogP contribution in [0.15, 0.2) is 72.8 Å². The van der Waals surface area contributed by atoms with E-state index in [-0.39, 0.29) is 12.0 Å². The van der Waals surface area contributed by atoms with Crippen LogP contribution in [0.5, 0.6) is 11.5 Å². The predicted molar refractivity (Wildman–Crippen MR) is 130 cm³/mol. The summed E-state index contributed by atoms with van der Waals surface area (Å²) in [6.45, 7) is 4.51. The summed E-state index contributed by atoms with van der Waals surface area (Å²) in [6, 6.07) is 25.2. The largest absolute Gasteiger partial charge is 0.493 e. The summed E-state index contributed by atoms with van der Waals surface area (Å²) in [5.74, 6) is 1.61. The average molecular weight is 442 g/mol. The number of hydrogen-bond acceptors (Lipinski definition) is 4. The molecule has 0 aromatic heterocycles. The molecule has 3 aromatic rings. The zero-order valence-corrected chi connectivity index (χ0v) is 19.4. The maximum Gasteiger partial charge on any atom is 0.161 e. The molecule has 0 N–H and O–H groups in total. The van der Waals surface area contributed by atoms with Crippen LogP contribution in [0.2, 0.25) is 0 Å². The number of methoxy groups -OCH3 is 1. The summed E-state index contributed by atoms with van der Waals surface area (Å²) >= 11 is 0. The first-order valence-electron chi connectivity index (χ1n) is 11.7. The number of benzene rings is 3. The smallest absolute Gasteiger partial charge is 0.161 e. The first-order valence-corrected chi connectivity index (χ1v) is 11.7. The number of aldehydes is 1. The lowest BCUT2D eigenvalue weighted by Gasteiger charge is -2.25. The lowest BCUT2D eigenvalue weighted by atomic mass is 9.77. The van der Waals surface area contributed by atoms with E-state index in [0.717, 1.165) is 55.8 Å². The highest BCUT2D eigenvalue weighted by Crippen LogP contribution is 2.44. The minimum absolute atomic E-state index is 0.0992. The van der Waals surface area contributed by atoms with E-state index in [0.29, 0.717) is 0 Å². The second-order valence-electron chi connectivity index (χ2n) is 9.66. The molecule has 1 heterocycles. The van der Waals surface area contributed by atoms with Gasteiger partial charge >= 0.3 is 0 Å². The molecule has 0 unspecified atom stereocenters. The molecular weight excluding hydrogens is 410 g/mol. The summed E-state index contributed by atoms with van der Waals surface area (Å²) in [5, 5.41) is 0. The van der Waals surface area contributed by atoms with Crippen molar-refractivity contribution >= 4 is 6.29 Å². The van der Waals surface area contributed by atoms with Crippen LogP contribution in [0, 0.1) is 5.41 Å². The van der Waals surface area contributed by atoms with Crippen LogP contribution in [0.4, 0.5) is 0 Å². The number of carbonyl (C=O) groups is 1. The summed E-state index contributed by atoms with van der Waals surface area (Å²) < 4.78 is 12.1. The Balaban J connectivity index is 1.37. The van der Waals surface area contributed by atoms with Crippen molar-refractivity contribution in [3.8, 4) is 11.5 Å². The molecule has 2 atom stereocenters. The van der Waals surface area contributed by atoms with Crippen molar-refractivity contribution in [2.45, 2.75) is 38.3 Å². The van der Waals surface area contributed by atoms with E-state index >= 15 is 0 Å². The zero-order chi connectivity index (χ0) is 22.8. The highest BCUT2D eigenvalue weighted by molar-refractivity contribution is 5.63. The number of rotatable bonds is 7. The number of nitrogens with zero attached hydrogens (tertiary/aromatic N) is 1. The van der Waals surface area contributed by atoms with Crippen LogP contribution in [0.25, 0.3) is 0 Å². The van der Waals surface area contributed by atoms with Crippen molar-refractivity contribution in [3.63, 3.8) is 0 Å². The predicted octanol–water partition coefficient (Wildman–Crippen LogP) is 5.05. The number of ether oxygens (including phenoxy) is 2. The second-order valence-corrected chi connectivity index (χ2v) is 9.66. The Morgan fingerprint density at radius 2 is 1.67 bits per heavy atom. The van der Waals surface area contributed by atoms with Gasteiger partial charge in [-0.25, -0.2) is 0 Å². The lowest BCUT2D eigenvalue weighted by molar-refractivity contribution is -0.115. The molecule has 2 aliphatic rings. The van der Waals surface area contributed by atoms with E-state index in [2.05, 4.69) is 72.5 Å². The fourth-order valence-corrected chi connectivity index (χ4v) is 5.47. The molecule has 1 aliphatic heterocycles. The molecule has 3 aromatic carbocycles. The van der Waals surface area contributed by atoms with Gasteiger partial charge in [0.2, 0.25) is 0 Å². The Morgan fingerprint density at radius 1 is 0.970 bits per heavy atom. The molecule has 0 saturated carbocycles. The van der Waals surface area contributed by atoms with Gasteiger partial charge in [-0.2, -0.15) is 0 Å². The monoisotopic (exact) mass is 441 g/mol. The third-order valence-electron chi connectivity index (χ3n) is 7.22. The van der Waals surface area contributed by atoms with E-state index < -0.39 is 5.41 Å². The molecule has 0 bridgehead atoms. The average Bonchev–Trinajstić information content (AvgIpc) is 3.40. The van der Waals surface area contributed by atoms with Crippen LogP contribution < -0.4 is 9.47 Å². The van der Waals surface area contributed by atoms with Gasteiger partial charge in [-0.15, -0.1) is 0 Å². The molecule has 1 fully saturated rings. The molecule has 4 nitrogen and oxygen atoms in total. The van der Waals surface area contributed by atoms with Gasteiger partial charge < -0.3 is 14.3 Å². The van der Waals surface area contributed by atoms with Gasteiger partial charge in [-0.1, -0.05) is 67.6 Å². The number of hydrogen-bond donors (Lipinski definition) is 0. The topological polar surface area (TPSA) is 38.8 Å². The van der Waals surface area contributed by atoms with Crippen LogP contribution >= 0.6 is 0 Å². The maximum atomic E-state index is 12.2. The molecular formula is C29H31NO3. The maximum absolute atomic E-state index is 12.2. The third kappa shape index (κ3) is 4.40. The summed E-state index contributed by atoms with van der Waals surface area (Å²) in [7, 11) is 1.68. The van der Waals surface area contributed by atoms with Gasteiger partial charge in [0.1, 0.15) is 12.4 Å². The zero-order valence-electron chi connectivity index (χ0n) is 19.4. The van der Waals surface area contributed by atoms with Gasteiger partial charge in [0.05, 0.1) is 7.11 Å². The van der Waals surface area contributed by atoms with Crippen molar-refractivity contribution < 1.29 is 14.3 Å². The molecule has 0 spiro atoms. The SMILES string of the molecule is COc1ccc([C@@H]2CN(Cc3ccccc3)C[C@]2(C)C=O)cc1OC1Cc2ccccc2C1. The minimum atomic E-state index is -0.440. The van der Waals surface area contributed by atoms with E-state index in [1.54, 1.807) is 7.11 Å². The van der Waals surface area contributed by atoms with E-state index in [1.807, 2.05) is 12.1 Å². The summed E-state index contributed by atoms with van der Waals surface area (Å²) in [6.07, 6.45) is 3.05. The first kappa shape index (κ1) is 21.7. The van der Waals surface area contributed by atoms with Crippen LogP contribution in [0.1, 0.15) is 35.1 Å². The molecule has 0 amide bonds. The summed E-state index contributed by atoms with van der Waals surface area (Å²) in [4.78, 5) is 14.6. The van der Waals surface area contributed by atoms with Crippen LogP contribution in [-0.2, 0) is 24.2 Å². The molecule has 4 heteroatoms. The Labute approximate surface area is 196 Å². The number of carbonyl (C=O) groups excluding carboxylic acids is 1. The lowest BCUT2D eigenvalue weighted by Crippen LogP contribution is -2.28. The van der Waals surface area contributed by atoms with Gasteiger partial charge in [0.25, 0.3) is 0 Å². The summed E-state index contributed by atoms with van der Waals surface area (Å²) in [5.41, 5.74) is 4.68. The Bertz CT molecular complexity index is 1100. The third-order valence-corrected chi connectivity index (χ3v) is 7.22. The van der Waals surface area contributed by atoms with Crippen molar-refractivity contribution in [2.75, 3.05) is 20.2 Å². The molecule has 33 heavy (non-hydrogen) atoms. The van der Waals surface area contributed by atoms with Crippen molar-refractivity contribution in [2.24, 2.45) is 5.41 Å². The van der Waals surface area contributed by atoms with Gasteiger partial charge in [0.15, 0.2) is 11.5 Å². The van der Waals surface area contributed by atoms with Crippen molar-refractivity contribution in [3.05, 3.63) is 95.1 Å². The quantitative estimate of drug-likeness (QED) is 0.481. The molecule has 5 rings (SSSR count). The standard InChI is InChI=1S/C29H31NO3/c1-29(20-31)19-30(17-21-8-4-3-5-9-21)18-26(29)24-12-13-27(32-2)28(16-24)33-25-14-22-10-6-7-11-23(22)15-25/h3-13,16,20,25-26H,14-15,17-19H2,1-2H3/t26-,29+/m0/s1. The minimum Gasteiger partial charge on any atom is -0.493 e. The molecule has 0 radical (unpaired) electrons. The van der Waals surface area contributed by atoms with Gasteiger partial charge in [0, 0.05) is 43.8 Å².